The zero-order valence-electron chi connectivity index (χ0n) is 22.3. The molecule has 1 saturated heterocycles. The van der Waals surface area contributed by atoms with Crippen molar-refractivity contribution in [2.24, 2.45) is 13.0 Å². The third kappa shape index (κ3) is 4.28. The maximum atomic E-state index is 16.5. The first-order valence-electron chi connectivity index (χ1n) is 13.1. The van der Waals surface area contributed by atoms with E-state index in [1.165, 1.54) is 12.3 Å². The van der Waals surface area contributed by atoms with E-state index in [-0.39, 0.29) is 11.5 Å². The van der Waals surface area contributed by atoms with Crippen molar-refractivity contribution in [3.63, 3.8) is 0 Å². The Balaban J connectivity index is 1.73. The maximum Gasteiger partial charge on any atom is 0.153 e. The zero-order chi connectivity index (χ0) is 27.5. The summed E-state index contributed by atoms with van der Waals surface area (Å²) in [6.07, 6.45) is 4.41. The van der Waals surface area contributed by atoms with Gasteiger partial charge in [-0.3, -0.25) is 9.97 Å². The molecule has 0 saturated carbocycles. The highest BCUT2D eigenvalue weighted by atomic mass is 19.1. The van der Waals surface area contributed by atoms with E-state index in [1.54, 1.807) is 36.9 Å². The number of hydrogen-bond acceptors (Lipinski definition) is 6. The number of halogens is 2. The van der Waals surface area contributed by atoms with Gasteiger partial charge in [0.1, 0.15) is 5.82 Å². The molecule has 0 radical (unpaired) electrons. The Labute approximate surface area is 224 Å². The van der Waals surface area contributed by atoms with Gasteiger partial charge in [-0.2, -0.15) is 0 Å². The quantitative estimate of drug-likeness (QED) is 0.334. The van der Waals surface area contributed by atoms with Gasteiger partial charge in [0.05, 0.1) is 51.5 Å². The van der Waals surface area contributed by atoms with Crippen molar-refractivity contribution in [1.29, 1.82) is 0 Å². The van der Waals surface area contributed by atoms with Gasteiger partial charge in [-0.15, -0.1) is 5.10 Å². The average molecular weight is 533 g/mol. The van der Waals surface area contributed by atoms with Gasteiger partial charge in [0.15, 0.2) is 5.82 Å². The second-order valence-electron chi connectivity index (χ2n) is 10.8. The Morgan fingerprint density at radius 1 is 1.08 bits per heavy atom. The van der Waals surface area contributed by atoms with E-state index in [4.69, 9.17) is 9.72 Å². The van der Waals surface area contributed by atoms with Crippen LogP contribution >= 0.6 is 0 Å². The van der Waals surface area contributed by atoms with E-state index < -0.39 is 23.3 Å². The molecule has 39 heavy (non-hydrogen) atoms. The summed E-state index contributed by atoms with van der Waals surface area (Å²) in [6, 6.07) is 8.03. The summed E-state index contributed by atoms with van der Waals surface area (Å²) in [5.74, 6) is -0.910. The number of pyridine rings is 2. The molecule has 8 nitrogen and oxygen atoms in total. The largest absolute Gasteiger partial charge is 0.386 e. The highest BCUT2D eigenvalue weighted by molar-refractivity contribution is 6.07. The summed E-state index contributed by atoms with van der Waals surface area (Å²) >= 11 is 0. The molecule has 0 aliphatic carbocycles. The van der Waals surface area contributed by atoms with Crippen molar-refractivity contribution < 1.29 is 18.6 Å². The third-order valence-corrected chi connectivity index (χ3v) is 7.71. The molecule has 1 fully saturated rings. The van der Waals surface area contributed by atoms with E-state index in [2.05, 4.69) is 15.3 Å². The number of nitrogens with zero attached hydrogens (tertiary/aromatic N) is 6. The van der Waals surface area contributed by atoms with Crippen LogP contribution in [-0.4, -0.2) is 47.8 Å². The van der Waals surface area contributed by atoms with Crippen molar-refractivity contribution in [2.45, 2.75) is 45.3 Å². The van der Waals surface area contributed by atoms with Gasteiger partial charge in [0.25, 0.3) is 0 Å². The fourth-order valence-electron chi connectivity index (χ4n) is 5.88. The lowest BCUT2D eigenvalue weighted by atomic mass is 9.88. The minimum absolute atomic E-state index is 0.0458. The molecule has 0 bridgehead atoms. The molecule has 0 amide bonds. The molecular weight excluding hydrogens is 502 g/mol. The van der Waals surface area contributed by atoms with Crippen LogP contribution in [0.3, 0.4) is 0 Å². The Morgan fingerprint density at radius 3 is 2.49 bits per heavy atom. The summed E-state index contributed by atoms with van der Waals surface area (Å²) in [5.41, 5.74) is 3.41. The van der Waals surface area contributed by atoms with Crippen LogP contribution in [0.2, 0.25) is 0 Å². The van der Waals surface area contributed by atoms with Crippen LogP contribution in [-0.2, 0) is 17.4 Å². The molecule has 202 valence electrons. The summed E-state index contributed by atoms with van der Waals surface area (Å²) in [5, 5.41) is 19.8. The SMILES string of the molecule is Cc1nnn(C)c1-c1cnc2c3ccc(C(C)(C)O)c(F)c3n(C(c3ccc(F)cn3)C3CCOCC3)c2c1. The predicted molar refractivity (Wildman–Crippen MR) is 143 cm³/mol. The molecule has 1 unspecified atom stereocenters. The number of fused-ring (bicyclic) bond motifs is 3. The van der Waals surface area contributed by atoms with Gasteiger partial charge >= 0.3 is 0 Å². The smallest absolute Gasteiger partial charge is 0.153 e. The minimum atomic E-state index is -1.40. The average Bonchev–Trinajstić information content (AvgIpc) is 3.42. The highest BCUT2D eigenvalue weighted by Gasteiger charge is 2.34. The molecule has 1 N–H and O–H groups in total. The van der Waals surface area contributed by atoms with Crippen LogP contribution in [0.1, 0.15) is 49.7 Å². The van der Waals surface area contributed by atoms with E-state index in [1.807, 2.05) is 30.7 Å². The molecule has 1 atom stereocenters. The van der Waals surface area contributed by atoms with Gasteiger partial charge in [0.2, 0.25) is 0 Å². The van der Waals surface area contributed by atoms with Crippen molar-refractivity contribution in [1.82, 2.24) is 29.5 Å². The monoisotopic (exact) mass is 532 g/mol. The molecule has 1 aliphatic heterocycles. The lowest BCUT2D eigenvalue weighted by Gasteiger charge is -2.32. The number of aromatic nitrogens is 6. The topological polar surface area (TPSA) is 90.9 Å². The Bertz CT molecular complexity index is 1660. The number of rotatable bonds is 5. The molecule has 5 aromatic rings. The molecule has 10 heteroatoms. The summed E-state index contributed by atoms with van der Waals surface area (Å²) in [4.78, 5) is 9.28. The Kier molecular flexibility index (Phi) is 6.19. The van der Waals surface area contributed by atoms with Gasteiger partial charge in [-0.25, -0.2) is 13.5 Å². The minimum Gasteiger partial charge on any atom is -0.386 e. The highest BCUT2D eigenvalue weighted by Crippen LogP contribution is 2.42. The molecule has 6 rings (SSSR count). The molecule has 4 aromatic heterocycles. The molecule has 1 aliphatic rings. The van der Waals surface area contributed by atoms with Crippen LogP contribution in [0.5, 0.6) is 0 Å². The molecular formula is C29H30F2N6O2. The van der Waals surface area contributed by atoms with Crippen molar-refractivity contribution in [2.75, 3.05) is 13.2 Å². The van der Waals surface area contributed by atoms with Gasteiger partial charge < -0.3 is 14.4 Å². The lowest BCUT2D eigenvalue weighted by molar-refractivity contribution is 0.0546. The molecule has 0 spiro atoms. The second kappa shape index (κ2) is 9.46. The number of aryl methyl sites for hydroxylation is 2. The van der Waals surface area contributed by atoms with Gasteiger partial charge in [-0.1, -0.05) is 17.3 Å². The second-order valence-corrected chi connectivity index (χ2v) is 10.8. The van der Waals surface area contributed by atoms with Crippen LogP contribution in [0, 0.1) is 24.5 Å². The standard InChI is InChI=1S/C29H30F2N6O2/c1-16-26(36(4)35-34-16)18-13-23-25(33-14-18)20-6-7-21(29(2,3)38)24(31)28(20)37(23)27(17-9-11-39-12-10-17)22-8-5-19(30)15-32-22/h5-8,13-15,17,27,38H,9-12H2,1-4H3. The van der Waals surface area contributed by atoms with E-state index >= 15 is 4.39 Å². The first-order valence-corrected chi connectivity index (χ1v) is 13.1. The lowest BCUT2D eigenvalue weighted by Crippen LogP contribution is -2.28. The number of ether oxygens (including phenoxy) is 1. The number of benzene rings is 1. The van der Waals surface area contributed by atoms with E-state index in [9.17, 15) is 9.50 Å². The fraction of sp³-hybridized carbons (Fsp3) is 0.379. The van der Waals surface area contributed by atoms with Crippen LogP contribution in [0.15, 0.2) is 42.7 Å². The summed E-state index contributed by atoms with van der Waals surface area (Å²) in [6.45, 7) is 6.15. The van der Waals surface area contributed by atoms with Crippen LogP contribution in [0.4, 0.5) is 8.78 Å². The van der Waals surface area contributed by atoms with E-state index in [0.717, 1.165) is 29.8 Å². The summed E-state index contributed by atoms with van der Waals surface area (Å²) < 4.78 is 39.8. The van der Waals surface area contributed by atoms with Gasteiger partial charge in [0, 0.05) is 43.0 Å². The van der Waals surface area contributed by atoms with Crippen LogP contribution in [0.25, 0.3) is 33.2 Å². The Morgan fingerprint density at radius 2 is 1.85 bits per heavy atom. The normalized spacial score (nSPS) is 15.9. The molecule has 1 aromatic carbocycles. The zero-order valence-corrected chi connectivity index (χ0v) is 22.3. The fourth-order valence-corrected chi connectivity index (χ4v) is 5.88. The van der Waals surface area contributed by atoms with Crippen molar-refractivity contribution >= 4 is 21.9 Å². The predicted octanol–water partition coefficient (Wildman–Crippen LogP) is 5.21. The molecule has 5 heterocycles. The van der Waals surface area contributed by atoms with Crippen LogP contribution < -0.4 is 0 Å². The maximum absolute atomic E-state index is 16.5. The number of aliphatic hydroxyl groups is 1. The van der Waals surface area contributed by atoms with Gasteiger partial charge in [-0.05, 0) is 57.7 Å². The van der Waals surface area contributed by atoms with Crippen molar-refractivity contribution in [3.8, 4) is 11.3 Å². The first-order chi connectivity index (χ1) is 18.6. The third-order valence-electron chi connectivity index (χ3n) is 7.71. The van der Waals surface area contributed by atoms with E-state index in [0.29, 0.717) is 40.8 Å². The van der Waals surface area contributed by atoms with Crippen molar-refractivity contribution in [3.05, 3.63) is 71.3 Å². The Hall–Kier alpha value is -3.76. The first kappa shape index (κ1) is 25.5. The summed E-state index contributed by atoms with van der Waals surface area (Å²) in [7, 11) is 1.82. The number of hydrogen-bond donors (Lipinski definition) is 1.